The van der Waals surface area contributed by atoms with Gasteiger partial charge in [0.15, 0.2) is 5.78 Å². The predicted molar refractivity (Wildman–Crippen MR) is 182 cm³/mol. The van der Waals surface area contributed by atoms with Gasteiger partial charge in [-0.05, 0) is 148 Å². The average Bonchev–Trinajstić information content (AvgIpc) is 3.53. The van der Waals surface area contributed by atoms with Crippen LogP contribution in [0.4, 0.5) is 4.79 Å². The second-order valence-electron chi connectivity index (χ2n) is 19.0. The number of methoxy groups -OCH3 is 1. The number of carbonyl (C=O) groups excluding carboxylic acids is 2. The van der Waals surface area contributed by atoms with Crippen molar-refractivity contribution < 1.29 is 24.2 Å². The van der Waals surface area contributed by atoms with Crippen molar-refractivity contribution in [3.8, 4) is 5.75 Å². The Labute approximate surface area is 285 Å². The van der Waals surface area contributed by atoms with Crippen LogP contribution in [-0.2, 0) is 4.74 Å². The van der Waals surface area contributed by atoms with Gasteiger partial charge in [-0.2, -0.15) is 0 Å². The quantitative estimate of drug-likeness (QED) is 0.257. The molecular formula is C42H53NO5. The van der Waals surface area contributed by atoms with Gasteiger partial charge in [0.2, 0.25) is 0 Å². The Balaban J connectivity index is 1.03. The van der Waals surface area contributed by atoms with Gasteiger partial charge in [-0.25, -0.2) is 4.79 Å². The molecule has 8 unspecified atom stereocenters. The molecule has 11 aliphatic rings. The van der Waals surface area contributed by atoms with Crippen molar-refractivity contribution in [3.63, 3.8) is 0 Å². The van der Waals surface area contributed by atoms with Crippen molar-refractivity contribution >= 4 is 11.9 Å². The van der Waals surface area contributed by atoms with Crippen molar-refractivity contribution in [3.05, 3.63) is 53.6 Å². The highest BCUT2D eigenvalue weighted by molar-refractivity contribution is 6.10. The fourth-order valence-corrected chi connectivity index (χ4v) is 15.3. The zero-order valence-corrected chi connectivity index (χ0v) is 29.1. The summed E-state index contributed by atoms with van der Waals surface area (Å²) in [6, 6.07) is 7.59. The van der Waals surface area contributed by atoms with Gasteiger partial charge in [0, 0.05) is 33.9 Å². The highest BCUT2D eigenvalue weighted by Gasteiger charge is 2.76. The minimum atomic E-state index is -0.519. The van der Waals surface area contributed by atoms with E-state index in [4.69, 9.17) is 9.47 Å². The number of ether oxygens (including phenoxy) is 2. The lowest BCUT2D eigenvalue weighted by molar-refractivity contribution is -0.164. The van der Waals surface area contributed by atoms with Crippen LogP contribution >= 0.6 is 0 Å². The van der Waals surface area contributed by atoms with Gasteiger partial charge in [0.05, 0.1) is 19.8 Å². The highest BCUT2D eigenvalue weighted by atomic mass is 16.6. The number of carbonyl (C=O) groups is 2. The molecule has 1 heterocycles. The summed E-state index contributed by atoms with van der Waals surface area (Å²) in [7, 11) is 1.65. The second kappa shape index (κ2) is 9.59. The molecule has 12 rings (SSSR count). The van der Waals surface area contributed by atoms with Crippen molar-refractivity contribution in [2.24, 2.45) is 56.7 Å². The summed E-state index contributed by atoms with van der Waals surface area (Å²) in [5.41, 5.74) is 0.371. The molecule has 256 valence electrons. The van der Waals surface area contributed by atoms with Gasteiger partial charge in [0.1, 0.15) is 11.4 Å². The monoisotopic (exact) mass is 651 g/mol. The summed E-state index contributed by atoms with van der Waals surface area (Å²) in [6.45, 7) is 6.45. The van der Waals surface area contributed by atoms with Gasteiger partial charge >= 0.3 is 6.09 Å². The van der Waals surface area contributed by atoms with E-state index in [2.05, 4.69) is 37.0 Å². The van der Waals surface area contributed by atoms with Crippen molar-refractivity contribution in [1.29, 1.82) is 0 Å². The number of ketones is 1. The Morgan fingerprint density at radius 1 is 0.896 bits per heavy atom. The Morgan fingerprint density at radius 2 is 1.54 bits per heavy atom. The lowest BCUT2D eigenvalue weighted by atomic mass is 9.32. The standard InChI is InChI=1S/C42H53NO5/c1-37-11-8-30(44)22-40(37)14-15-42(32(23-40)35(45)29-4-6-31(47-3)7-5-29)33(37)9-12-38(2)34(42)10-13-41(38)25-43(36(46)48-41)24-39-19-26-16-27(20-39)18-28(17-26)21-39/h4-7,14-15,23,26-28,30,33-34,44H,8-13,16-22,24-25H2,1-3H3. The Kier molecular flexibility index (Phi) is 6.04. The zero-order chi connectivity index (χ0) is 32.9. The molecular weight excluding hydrogens is 598 g/mol. The summed E-state index contributed by atoms with van der Waals surface area (Å²) < 4.78 is 12.2. The number of aliphatic hydroxyl groups is 1. The number of Topliss-reactive ketones (excluding diaryl/α,β-unsaturated/α-hetero) is 1. The van der Waals surface area contributed by atoms with E-state index in [1.165, 1.54) is 38.5 Å². The Hall–Kier alpha value is -2.60. The molecule has 1 aromatic rings. The molecule has 1 saturated heterocycles. The maximum absolute atomic E-state index is 14.9. The first kappa shape index (κ1) is 30.2. The van der Waals surface area contributed by atoms with Crippen LogP contribution in [0.5, 0.6) is 5.75 Å². The molecule has 0 radical (unpaired) electrons. The minimum Gasteiger partial charge on any atom is -0.497 e. The number of amides is 1. The van der Waals surface area contributed by atoms with Crippen LogP contribution in [0.15, 0.2) is 48.1 Å². The van der Waals surface area contributed by atoms with Crippen molar-refractivity contribution in [2.75, 3.05) is 20.2 Å². The van der Waals surface area contributed by atoms with Crippen LogP contribution in [0.25, 0.3) is 0 Å². The van der Waals surface area contributed by atoms with Gasteiger partial charge in [-0.1, -0.05) is 32.1 Å². The molecule has 1 aliphatic heterocycles. The molecule has 6 heteroatoms. The molecule has 7 saturated carbocycles. The van der Waals surface area contributed by atoms with Gasteiger partial charge in [0.25, 0.3) is 0 Å². The molecule has 1 amide bonds. The van der Waals surface area contributed by atoms with Gasteiger partial charge in [-0.3, -0.25) is 4.79 Å². The fourth-order valence-electron chi connectivity index (χ4n) is 15.3. The molecule has 8 atom stereocenters. The predicted octanol–water partition coefficient (Wildman–Crippen LogP) is 8.15. The van der Waals surface area contributed by atoms with E-state index in [9.17, 15) is 14.7 Å². The lowest BCUT2D eigenvalue weighted by Crippen LogP contribution is -2.67. The summed E-state index contributed by atoms with van der Waals surface area (Å²) in [5, 5.41) is 11.0. The smallest absolute Gasteiger partial charge is 0.410 e. The normalized spacial score (nSPS) is 50.6. The largest absolute Gasteiger partial charge is 0.497 e. The number of benzene rings is 1. The Bertz CT molecular complexity index is 1610. The lowest BCUT2D eigenvalue weighted by Gasteiger charge is -2.71. The van der Waals surface area contributed by atoms with Crippen LogP contribution in [0, 0.1) is 56.7 Å². The van der Waals surface area contributed by atoms with E-state index in [1.807, 2.05) is 24.3 Å². The molecule has 6 nitrogen and oxygen atoms in total. The average molecular weight is 652 g/mol. The van der Waals surface area contributed by atoms with Crippen LogP contribution < -0.4 is 4.74 Å². The van der Waals surface area contributed by atoms with E-state index in [1.54, 1.807) is 7.11 Å². The number of allylic oxidation sites excluding steroid dienone is 4. The van der Waals surface area contributed by atoms with E-state index in [-0.39, 0.29) is 45.6 Å². The third kappa shape index (κ3) is 3.64. The summed E-state index contributed by atoms with van der Waals surface area (Å²) >= 11 is 0. The zero-order valence-electron chi connectivity index (χ0n) is 29.1. The van der Waals surface area contributed by atoms with E-state index < -0.39 is 11.0 Å². The number of hydrogen-bond donors (Lipinski definition) is 1. The SMILES string of the molecule is COc1ccc(C(=O)C2=CC34C=CC25C(CCC2(C)C5CCC25CN(CC26CC7CC(CC(C7)C2)C6)C(=O)O5)C3(C)CCC(O)C4)cc1. The number of fused-ring (bicyclic) bond motifs is 2. The number of rotatable bonds is 5. The maximum atomic E-state index is 14.9. The summed E-state index contributed by atoms with van der Waals surface area (Å²) in [5.74, 6) is 3.93. The van der Waals surface area contributed by atoms with Crippen molar-refractivity contribution in [2.45, 2.75) is 109 Å². The topological polar surface area (TPSA) is 76.1 Å². The first-order valence-corrected chi connectivity index (χ1v) is 19.2. The molecule has 1 N–H and O–H groups in total. The molecule has 0 aromatic heterocycles. The highest BCUT2D eigenvalue weighted by Crippen LogP contribution is 2.79. The van der Waals surface area contributed by atoms with Crippen molar-refractivity contribution in [1.82, 2.24) is 4.90 Å². The molecule has 48 heavy (non-hydrogen) atoms. The van der Waals surface area contributed by atoms with Crippen LogP contribution in [0.2, 0.25) is 0 Å². The van der Waals surface area contributed by atoms with E-state index in [0.29, 0.717) is 24.4 Å². The Morgan fingerprint density at radius 3 is 2.23 bits per heavy atom. The van der Waals surface area contributed by atoms with Crippen LogP contribution in [0.1, 0.15) is 108 Å². The van der Waals surface area contributed by atoms with E-state index in [0.717, 1.165) is 74.1 Å². The maximum Gasteiger partial charge on any atom is 0.410 e. The molecule has 8 fully saturated rings. The molecule has 6 bridgehead atoms. The van der Waals surface area contributed by atoms with Gasteiger partial charge in [-0.15, -0.1) is 0 Å². The minimum absolute atomic E-state index is 0.0291. The van der Waals surface area contributed by atoms with E-state index >= 15 is 0 Å². The number of nitrogens with zero attached hydrogens (tertiary/aromatic N) is 1. The molecule has 1 aromatic carbocycles. The van der Waals surface area contributed by atoms with Crippen LogP contribution in [0.3, 0.4) is 0 Å². The third-order valence-electron chi connectivity index (χ3n) is 17.0. The fraction of sp³-hybridized carbons (Fsp3) is 0.714. The molecule has 3 spiro atoms. The first-order chi connectivity index (χ1) is 23.0. The third-order valence-corrected chi connectivity index (χ3v) is 17.0. The van der Waals surface area contributed by atoms with Gasteiger partial charge < -0.3 is 19.5 Å². The second-order valence-corrected chi connectivity index (χ2v) is 19.0. The number of hydrogen-bond acceptors (Lipinski definition) is 5. The summed E-state index contributed by atoms with van der Waals surface area (Å²) in [6.07, 6.45) is 21.1. The number of aliphatic hydroxyl groups excluding tert-OH is 1. The molecule has 10 aliphatic carbocycles. The summed E-state index contributed by atoms with van der Waals surface area (Å²) in [4.78, 5) is 31.0. The first-order valence-electron chi connectivity index (χ1n) is 19.2. The van der Waals surface area contributed by atoms with Crippen LogP contribution in [-0.4, -0.2) is 53.8 Å².